The number of nitrogens with one attached hydrogen (secondary N) is 1. The molecule has 4 nitrogen and oxygen atoms in total. The highest BCUT2D eigenvalue weighted by Gasteiger charge is 2.38. The summed E-state index contributed by atoms with van der Waals surface area (Å²) in [5.74, 6) is 0.527. The molecule has 1 aliphatic heterocycles. The number of amides is 1. The van der Waals surface area contributed by atoms with Gasteiger partial charge in [-0.05, 0) is 48.6 Å². The van der Waals surface area contributed by atoms with Crippen LogP contribution in [0.15, 0.2) is 59.8 Å². The molecule has 144 valence electrons. The monoisotopic (exact) mass is 395 g/mol. The maximum atomic E-state index is 13.1. The van der Waals surface area contributed by atoms with Crippen molar-refractivity contribution in [1.29, 1.82) is 0 Å². The lowest BCUT2D eigenvalue weighted by atomic mass is 9.73. The second-order valence-corrected chi connectivity index (χ2v) is 7.66. The number of ether oxygens (including phenoxy) is 1. The molecule has 0 unspecified atom stereocenters. The molecule has 2 aromatic carbocycles. The molecule has 2 aromatic rings. The quantitative estimate of drug-likeness (QED) is 0.813. The summed E-state index contributed by atoms with van der Waals surface area (Å²) in [6, 6.07) is 15.3. The van der Waals surface area contributed by atoms with Gasteiger partial charge in [-0.15, -0.1) is 0 Å². The molecule has 2 atom stereocenters. The van der Waals surface area contributed by atoms with Gasteiger partial charge in [0.05, 0.1) is 6.61 Å². The second-order valence-electron chi connectivity index (χ2n) is 7.25. The molecule has 0 radical (unpaired) electrons. The lowest BCUT2D eigenvalue weighted by Crippen LogP contribution is -2.38. The molecule has 0 bridgehead atoms. The van der Waals surface area contributed by atoms with E-state index in [9.17, 15) is 9.59 Å². The van der Waals surface area contributed by atoms with Crippen LogP contribution in [0.2, 0.25) is 5.02 Å². The zero-order valence-electron chi connectivity index (χ0n) is 15.7. The number of Topliss-reactive ketones (excluding diaryl/α,β-unsaturated/α-hetero) is 1. The number of hydrogen-bond acceptors (Lipinski definition) is 3. The largest absolute Gasteiger partial charge is 0.494 e. The van der Waals surface area contributed by atoms with Gasteiger partial charge in [0.25, 0.3) is 0 Å². The fourth-order valence-corrected chi connectivity index (χ4v) is 4.55. The fraction of sp³-hybridized carbons (Fsp3) is 0.304. The summed E-state index contributed by atoms with van der Waals surface area (Å²) in [5.41, 5.74) is 3.37. The Morgan fingerprint density at radius 1 is 1.07 bits per heavy atom. The Morgan fingerprint density at radius 2 is 1.89 bits per heavy atom. The maximum absolute atomic E-state index is 13.1. The van der Waals surface area contributed by atoms with E-state index in [4.69, 9.17) is 16.3 Å². The number of carbonyl (C=O) groups excluding carboxylic acids is 2. The normalized spacial score (nSPS) is 21.9. The predicted molar refractivity (Wildman–Crippen MR) is 109 cm³/mol. The molecule has 1 amide bonds. The summed E-state index contributed by atoms with van der Waals surface area (Å²) in [7, 11) is 0. The Morgan fingerprint density at radius 3 is 2.68 bits per heavy atom. The minimum absolute atomic E-state index is 0.0197. The molecule has 28 heavy (non-hydrogen) atoms. The van der Waals surface area contributed by atoms with E-state index in [1.807, 2.05) is 55.5 Å². The Labute approximate surface area is 169 Å². The summed E-state index contributed by atoms with van der Waals surface area (Å²) in [6.45, 7) is 2.50. The van der Waals surface area contributed by atoms with Crippen LogP contribution in [0.25, 0.3) is 0 Å². The highest BCUT2D eigenvalue weighted by molar-refractivity contribution is 6.31. The van der Waals surface area contributed by atoms with Crippen LogP contribution in [0.1, 0.15) is 49.1 Å². The first kappa shape index (κ1) is 18.8. The average Bonchev–Trinajstić information content (AvgIpc) is 2.68. The molecule has 5 heteroatoms. The third-order valence-corrected chi connectivity index (χ3v) is 5.80. The highest BCUT2D eigenvalue weighted by Crippen LogP contribution is 2.44. The standard InChI is InChI=1S/C23H22ClNO3/c1-2-28-16-7-5-6-14(10-16)18-13-22(27)25-20-11-15(12-21(26)23(18)20)17-8-3-4-9-19(17)24/h3-10,15,18H,2,11-13H2,1H3,(H,25,27)/t15-,18-/m1/s1. The number of ketones is 1. The van der Waals surface area contributed by atoms with Crippen molar-refractivity contribution in [2.24, 2.45) is 0 Å². The van der Waals surface area contributed by atoms with Crippen LogP contribution in [0, 0.1) is 0 Å². The van der Waals surface area contributed by atoms with Gasteiger partial charge in [-0.3, -0.25) is 9.59 Å². The average molecular weight is 396 g/mol. The first-order valence-corrected chi connectivity index (χ1v) is 9.98. The number of allylic oxidation sites excluding steroid dienone is 2. The number of carbonyl (C=O) groups is 2. The van der Waals surface area contributed by atoms with Crippen molar-refractivity contribution < 1.29 is 14.3 Å². The SMILES string of the molecule is CCOc1cccc([C@H]2CC(=O)NC3=C2C(=O)C[C@H](c2ccccc2Cl)C3)c1. The molecule has 1 heterocycles. The summed E-state index contributed by atoms with van der Waals surface area (Å²) < 4.78 is 5.60. The van der Waals surface area contributed by atoms with E-state index in [0.29, 0.717) is 24.5 Å². The Balaban J connectivity index is 1.71. The van der Waals surface area contributed by atoms with Gasteiger partial charge in [0.15, 0.2) is 5.78 Å². The Hall–Kier alpha value is -2.59. The minimum atomic E-state index is -0.233. The Bertz CT molecular complexity index is 966. The molecule has 0 saturated carbocycles. The van der Waals surface area contributed by atoms with E-state index in [0.717, 1.165) is 28.1 Å². The van der Waals surface area contributed by atoms with Crippen molar-refractivity contribution in [2.75, 3.05) is 6.61 Å². The van der Waals surface area contributed by atoms with Crippen LogP contribution < -0.4 is 10.1 Å². The molecule has 0 aromatic heterocycles. The lowest BCUT2D eigenvalue weighted by molar-refractivity contribution is -0.122. The summed E-state index contributed by atoms with van der Waals surface area (Å²) >= 11 is 6.35. The second kappa shape index (κ2) is 7.80. The number of halogens is 1. The van der Waals surface area contributed by atoms with Crippen LogP contribution in [0.3, 0.4) is 0 Å². The molecular formula is C23H22ClNO3. The van der Waals surface area contributed by atoms with E-state index in [1.165, 1.54) is 0 Å². The summed E-state index contributed by atoms with van der Waals surface area (Å²) in [6.07, 6.45) is 1.29. The highest BCUT2D eigenvalue weighted by atomic mass is 35.5. The summed E-state index contributed by atoms with van der Waals surface area (Å²) in [5, 5.41) is 3.61. The molecule has 0 saturated heterocycles. The zero-order chi connectivity index (χ0) is 19.7. The molecule has 1 N–H and O–H groups in total. The maximum Gasteiger partial charge on any atom is 0.225 e. The minimum Gasteiger partial charge on any atom is -0.494 e. The van der Waals surface area contributed by atoms with Crippen LogP contribution in [-0.2, 0) is 9.59 Å². The molecule has 1 aliphatic carbocycles. The van der Waals surface area contributed by atoms with Crippen LogP contribution in [0.4, 0.5) is 0 Å². The van der Waals surface area contributed by atoms with E-state index in [-0.39, 0.29) is 29.9 Å². The smallest absolute Gasteiger partial charge is 0.225 e. The van der Waals surface area contributed by atoms with E-state index in [2.05, 4.69) is 5.32 Å². The van der Waals surface area contributed by atoms with Crippen LogP contribution >= 0.6 is 11.6 Å². The molecule has 0 spiro atoms. The van der Waals surface area contributed by atoms with Gasteiger partial charge in [-0.2, -0.15) is 0 Å². The van der Waals surface area contributed by atoms with Crippen molar-refractivity contribution in [3.05, 3.63) is 76.0 Å². The first-order valence-electron chi connectivity index (χ1n) is 9.60. The molecule has 0 fully saturated rings. The van der Waals surface area contributed by atoms with Gasteiger partial charge >= 0.3 is 0 Å². The Kier molecular flexibility index (Phi) is 5.23. The zero-order valence-corrected chi connectivity index (χ0v) is 16.5. The molecule has 2 aliphatic rings. The van der Waals surface area contributed by atoms with E-state index in [1.54, 1.807) is 0 Å². The van der Waals surface area contributed by atoms with Gasteiger partial charge < -0.3 is 10.1 Å². The van der Waals surface area contributed by atoms with Crippen molar-refractivity contribution >= 4 is 23.3 Å². The van der Waals surface area contributed by atoms with Crippen LogP contribution in [0.5, 0.6) is 5.75 Å². The number of hydrogen-bond donors (Lipinski definition) is 1. The van der Waals surface area contributed by atoms with Gasteiger partial charge in [0.1, 0.15) is 5.75 Å². The van der Waals surface area contributed by atoms with Crippen molar-refractivity contribution in [1.82, 2.24) is 5.32 Å². The number of benzene rings is 2. The van der Waals surface area contributed by atoms with Gasteiger partial charge in [-0.1, -0.05) is 41.9 Å². The fourth-order valence-electron chi connectivity index (χ4n) is 4.26. The van der Waals surface area contributed by atoms with Crippen molar-refractivity contribution in [3.63, 3.8) is 0 Å². The molecular weight excluding hydrogens is 374 g/mol. The van der Waals surface area contributed by atoms with Crippen molar-refractivity contribution in [3.8, 4) is 5.75 Å². The summed E-state index contributed by atoms with van der Waals surface area (Å²) in [4.78, 5) is 25.6. The third kappa shape index (κ3) is 3.57. The van der Waals surface area contributed by atoms with Gasteiger partial charge in [-0.25, -0.2) is 0 Å². The number of rotatable bonds is 4. The van der Waals surface area contributed by atoms with Gasteiger partial charge in [0, 0.05) is 35.1 Å². The lowest BCUT2D eigenvalue weighted by Gasteiger charge is -2.34. The van der Waals surface area contributed by atoms with Gasteiger partial charge in [0.2, 0.25) is 5.91 Å². The van der Waals surface area contributed by atoms with Crippen LogP contribution in [-0.4, -0.2) is 18.3 Å². The molecule has 4 rings (SSSR count). The topological polar surface area (TPSA) is 55.4 Å². The van der Waals surface area contributed by atoms with E-state index < -0.39 is 0 Å². The first-order chi connectivity index (χ1) is 13.6. The van der Waals surface area contributed by atoms with Crippen molar-refractivity contribution in [2.45, 2.75) is 38.0 Å². The van der Waals surface area contributed by atoms with E-state index >= 15 is 0 Å². The third-order valence-electron chi connectivity index (χ3n) is 5.45. The predicted octanol–water partition coefficient (Wildman–Crippen LogP) is 4.74.